The van der Waals surface area contributed by atoms with Crippen LogP contribution in [0, 0.1) is 17.2 Å². The van der Waals surface area contributed by atoms with Crippen LogP contribution in [0.25, 0.3) is 22.3 Å². The summed E-state index contributed by atoms with van der Waals surface area (Å²) >= 11 is 6.25. The Labute approximate surface area is 534 Å². The fraction of sp³-hybridized carbons (Fsp3) is 0.400. The molecule has 4 N–H and O–H groups in total. The number of nitrogens with zero attached hydrogens (tertiary/aromatic N) is 9. The maximum atomic E-state index is 18.5. The van der Waals surface area contributed by atoms with Crippen LogP contribution < -0.4 is 25.7 Å². The first-order valence-electron chi connectivity index (χ1n) is 29.1. The van der Waals surface area contributed by atoms with Crippen LogP contribution in [0.15, 0.2) is 127 Å². The van der Waals surface area contributed by atoms with Gasteiger partial charge in [-0.25, -0.2) is 19.3 Å². The van der Waals surface area contributed by atoms with E-state index in [1.165, 1.54) is 10.9 Å². The maximum absolute atomic E-state index is 18.5. The molecule has 6 heterocycles. The Hall–Kier alpha value is -7.72. The Morgan fingerprint density at radius 2 is 1.46 bits per heavy atom. The van der Waals surface area contributed by atoms with Gasteiger partial charge in [0.2, 0.25) is 11.9 Å². The van der Waals surface area contributed by atoms with Gasteiger partial charge >= 0.3 is 15.0 Å². The van der Waals surface area contributed by atoms with E-state index in [1.54, 1.807) is 82.7 Å². The van der Waals surface area contributed by atoms with Crippen LogP contribution in [-0.4, -0.2) is 140 Å². The molecule has 10 rings (SSSR count). The summed E-state index contributed by atoms with van der Waals surface area (Å²) in [4.78, 5) is 70.3. The molecule has 0 radical (unpaired) electrons. The first-order chi connectivity index (χ1) is 44.0. The number of nitrogens with one attached hydrogen (secondary N) is 3. The Bertz CT molecular complexity index is 4040. The number of anilines is 2. The number of carbonyl (C=O) groups is 2. The largest absolute Gasteiger partial charge is 0.695 e. The number of ether oxygens (including phenoxy) is 5. The molecule has 0 spiro atoms. The molecule has 2 fully saturated rings. The number of hydrogen-bond donors (Lipinski definition) is 4. The van der Waals surface area contributed by atoms with Gasteiger partial charge in [0.25, 0.3) is 11.5 Å². The van der Waals surface area contributed by atoms with E-state index < -0.39 is 120 Å². The van der Waals surface area contributed by atoms with E-state index in [2.05, 4.69) is 45.9 Å². The lowest BCUT2D eigenvalue weighted by Crippen LogP contribution is -2.50. The van der Waals surface area contributed by atoms with Crippen molar-refractivity contribution in [3.63, 3.8) is 0 Å². The van der Waals surface area contributed by atoms with Gasteiger partial charge in [0, 0.05) is 16.0 Å². The summed E-state index contributed by atoms with van der Waals surface area (Å²) in [5.41, 5.74) is -0.327. The SMILES string of the molecule is COc1ccc(C(OC[C@H]2O[C@@H](n3nnc4c(NC(=O)c5ccccc5)ncnc43)[C@@H](F)[C@@H]2OP(=S)(OCCC#N)OC[C@H]2O[C@@H](n3cnc4c(=O)[nH]c(NC(=O)C(C)C)nc43)[C@@H](O[P+](=O)O)[C@@H]2O[Si](C)(C)C(C)(C)C)(c2ccccc2)c2ccc(OC)cc2)cc1. The molecule has 32 heteroatoms. The van der Waals surface area contributed by atoms with E-state index in [-0.39, 0.29) is 47.1 Å². The number of imidazole rings is 1. The first kappa shape index (κ1) is 67.2. The summed E-state index contributed by atoms with van der Waals surface area (Å²) in [6, 6.07) is 34.2. The van der Waals surface area contributed by atoms with Crippen molar-refractivity contribution in [3.8, 4) is 17.6 Å². The molecule has 92 heavy (non-hydrogen) atoms. The number of nitriles is 1. The number of carbonyl (C=O) groups excluding carboxylic acids is 2. The number of aromatic amines is 1. The number of fused-ring (bicyclic) bond motifs is 2. The van der Waals surface area contributed by atoms with E-state index in [9.17, 15) is 29.1 Å². The fourth-order valence-corrected chi connectivity index (χ4v) is 14.1. The van der Waals surface area contributed by atoms with Crippen LogP contribution >= 0.6 is 15.0 Å². The van der Waals surface area contributed by atoms with Crippen molar-refractivity contribution < 1.29 is 69.6 Å². The smallest absolute Gasteiger partial charge is 0.497 e. The summed E-state index contributed by atoms with van der Waals surface area (Å²) in [5.74, 6) is -0.589. The summed E-state index contributed by atoms with van der Waals surface area (Å²) in [5, 5.41) is 23.3. The van der Waals surface area contributed by atoms with E-state index in [1.807, 2.05) is 94.5 Å². The Balaban J connectivity index is 1.05. The van der Waals surface area contributed by atoms with Gasteiger partial charge in [-0.3, -0.25) is 33.8 Å². The highest BCUT2D eigenvalue weighted by molar-refractivity contribution is 8.07. The van der Waals surface area contributed by atoms with Gasteiger partial charge in [0.05, 0.1) is 52.9 Å². The molecule has 2 saturated heterocycles. The molecule has 10 atom stereocenters. The van der Waals surface area contributed by atoms with Crippen LogP contribution in [0.3, 0.4) is 0 Å². The molecular weight excluding hydrogens is 1270 g/mol. The number of hydrogen-bond acceptors (Lipinski definition) is 22. The van der Waals surface area contributed by atoms with E-state index >= 15 is 4.39 Å². The van der Waals surface area contributed by atoms with Crippen molar-refractivity contribution in [1.29, 1.82) is 5.26 Å². The van der Waals surface area contributed by atoms with Crippen LogP contribution in [0.2, 0.25) is 18.1 Å². The molecule has 0 aliphatic carbocycles. The highest BCUT2D eigenvalue weighted by Gasteiger charge is 2.57. The van der Waals surface area contributed by atoms with Crippen molar-refractivity contribution in [2.24, 2.45) is 5.92 Å². The summed E-state index contributed by atoms with van der Waals surface area (Å²) in [7, 11) is -3.25. The molecule has 2 aliphatic heterocycles. The third-order valence-corrected chi connectivity index (χ3v) is 23.2. The minimum Gasteiger partial charge on any atom is -0.497 e. The molecule has 484 valence electrons. The van der Waals surface area contributed by atoms with Crippen molar-refractivity contribution in [2.45, 2.75) is 114 Å². The van der Waals surface area contributed by atoms with Gasteiger partial charge in [-0.15, -0.1) is 14.5 Å². The number of benzene rings is 4. The Morgan fingerprint density at radius 3 is 2.07 bits per heavy atom. The fourth-order valence-electron chi connectivity index (χ4n) is 10.2. The van der Waals surface area contributed by atoms with Crippen LogP contribution in [0.4, 0.5) is 16.2 Å². The van der Waals surface area contributed by atoms with Crippen LogP contribution in [0.1, 0.15) is 80.5 Å². The van der Waals surface area contributed by atoms with Crippen LogP contribution in [0.5, 0.6) is 11.5 Å². The van der Waals surface area contributed by atoms with Crippen molar-refractivity contribution in [3.05, 3.63) is 154 Å². The van der Waals surface area contributed by atoms with Crippen LogP contribution in [-0.2, 0) is 63.5 Å². The quantitative estimate of drug-likeness (QED) is 0.0170. The molecule has 0 bridgehead atoms. The van der Waals surface area contributed by atoms with Gasteiger partial charge < -0.3 is 42.5 Å². The standard InChI is InChI=1S/C60H67FN12O15P2SSi/c1-35(2)53(74)68-58-67-52-46(55(76)69-58)65-34-72(52)57-49(86-89(77)78)48(88-92(8,9)59(3,4)5)43(85-57)32-83-90(91,82-30-16-29-62)87-47-42(84-56(44(47)61)73-51-45(70-71-73)50(63-33-64-51)66-54(75)36-17-12-10-13-18-36)31-81-60(37-19-14-11-15-20-37,38-21-25-40(79-6)26-22-38)39-23-27-41(80-7)28-24-39/h10-15,17-28,33-35,42-44,47-49,56-57H,16,30-32H2,1-9H3,(H3-,63,64,66,67,68,69,71,74,75,76,77,78)/p+1/t42-,43-,44+,47-,48-,49+,56-,57-,90?/m1/s1. The van der Waals surface area contributed by atoms with Crippen molar-refractivity contribution in [2.75, 3.05) is 44.7 Å². The second-order valence-electron chi connectivity index (χ2n) is 23.2. The predicted molar refractivity (Wildman–Crippen MR) is 338 cm³/mol. The zero-order chi connectivity index (χ0) is 65.7. The van der Waals surface area contributed by atoms with E-state index in [4.69, 9.17) is 58.0 Å². The number of halogens is 1. The Kier molecular flexibility index (Phi) is 20.6. The highest BCUT2D eigenvalue weighted by Crippen LogP contribution is 2.56. The summed E-state index contributed by atoms with van der Waals surface area (Å²) < 4.78 is 98.2. The monoisotopic (exact) mass is 1340 g/mol. The number of methoxy groups -OCH3 is 2. The molecule has 4 aromatic heterocycles. The number of aromatic nitrogens is 9. The Morgan fingerprint density at radius 1 is 0.837 bits per heavy atom. The van der Waals surface area contributed by atoms with Crippen molar-refractivity contribution in [1.82, 2.24) is 44.5 Å². The normalized spacial score (nSPS) is 21.1. The van der Waals surface area contributed by atoms with Gasteiger partial charge in [-0.05, 0) is 83.0 Å². The molecule has 27 nitrogen and oxygen atoms in total. The summed E-state index contributed by atoms with van der Waals surface area (Å²) in [6.45, 7) is 7.25. The maximum Gasteiger partial charge on any atom is 0.695 e. The number of alkyl halides is 1. The van der Waals surface area contributed by atoms with Gasteiger partial charge in [0.1, 0.15) is 47.8 Å². The van der Waals surface area contributed by atoms with Crippen molar-refractivity contribution >= 4 is 81.0 Å². The third kappa shape index (κ3) is 14.3. The average Bonchev–Trinajstić information content (AvgIpc) is 1.37. The van der Waals surface area contributed by atoms with E-state index in [0.717, 1.165) is 11.0 Å². The number of amides is 2. The first-order valence-corrected chi connectivity index (χ1v) is 35.7. The lowest BCUT2D eigenvalue weighted by atomic mass is 9.80. The zero-order valence-corrected chi connectivity index (χ0v) is 55.0. The molecule has 2 unspecified atom stereocenters. The minimum absolute atomic E-state index is 0.0119. The predicted octanol–water partition coefficient (Wildman–Crippen LogP) is 9.34. The van der Waals surface area contributed by atoms with Gasteiger partial charge in [0.15, 0.2) is 61.2 Å². The molecular formula is C60H68FN12O15P2SSi+. The lowest BCUT2D eigenvalue weighted by molar-refractivity contribution is -0.118. The third-order valence-electron chi connectivity index (χ3n) is 16.0. The topological polar surface area (TPSA) is 332 Å². The summed E-state index contributed by atoms with van der Waals surface area (Å²) in [6.07, 6.45) is -10.5. The molecule has 2 amide bonds. The van der Waals surface area contributed by atoms with E-state index in [0.29, 0.717) is 33.8 Å². The highest BCUT2D eigenvalue weighted by atomic mass is 32.5. The second-order valence-corrected chi connectivity index (χ2v) is 31.6. The second kappa shape index (κ2) is 28.2. The molecule has 8 aromatic rings. The van der Waals surface area contributed by atoms with Gasteiger partial charge in [-0.1, -0.05) is 113 Å². The molecule has 2 aliphatic rings. The lowest BCUT2D eigenvalue weighted by Gasteiger charge is -2.40. The molecule has 0 saturated carbocycles. The minimum atomic E-state index is -4.43. The van der Waals surface area contributed by atoms with Gasteiger partial charge in [-0.2, -0.15) is 14.9 Å². The number of rotatable bonds is 26. The average molecular weight is 1340 g/mol. The zero-order valence-electron chi connectivity index (χ0n) is 51.4. The number of H-pyrrole nitrogens is 1. The molecule has 4 aromatic carbocycles.